The van der Waals surface area contributed by atoms with Crippen LogP contribution in [0.5, 0.6) is 0 Å². The highest BCUT2D eigenvalue weighted by molar-refractivity contribution is 7.89. The average Bonchev–Trinajstić information content (AvgIpc) is 3.41. The molecule has 0 saturated heterocycles. The van der Waals surface area contributed by atoms with E-state index >= 15 is 0 Å². The van der Waals surface area contributed by atoms with Gasteiger partial charge in [0.1, 0.15) is 10.5 Å². The standard InChI is InChI=1S/C17H17Cl2NO3S/c18-14-8-9-15(19)16(10-14)24(22,23)20-11-17(21,13-6-7-13)12-4-2-1-3-5-12/h1-5,8-10,13,20-21H,6-7,11H2. The molecule has 1 fully saturated rings. The molecule has 3 rings (SSSR count). The van der Waals surface area contributed by atoms with Crippen LogP contribution in [0.25, 0.3) is 0 Å². The maximum Gasteiger partial charge on any atom is 0.242 e. The molecule has 0 aliphatic heterocycles. The normalized spacial score (nSPS) is 17.5. The highest BCUT2D eigenvalue weighted by Crippen LogP contribution is 2.45. The Balaban J connectivity index is 1.86. The Morgan fingerprint density at radius 3 is 2.42 bits per heavy atom. The summed E-state index contributed by atoms with van der Waals surface area (Å²) in [5, 5.41) is 11.4. The van der Waals surface area contributed by atoms with Crippen LogP contribution in [0.4, 0.5) is 0 Å². The largest absolute Gasteiger partial charge is 0.383 e. The van der Waals surface area contributed by atoms with E-state index in [1.807, 2.05) is 18.2 Å². The Kier molecular flexibility index (Phi) is 4.91. The number of aliphatic hydroxyl groups is 1. The molecule has 128 valence electrons. The molecule has 0 heterocycles. The molecule has 0 spiro atoms. The van der Waals surface area contributed by atoms with Crippen molar-refractivity contribution >= 4 is 33.2 Å². The number of halogens is 2. The molecule has 1 saturated carbocycles. The summed E-state index contributed by atoms with van der Waals surface area (Å²) in [5.41, 5.74) is -0.535. The van der Waals surface area contributed by atoms with Crippen molar-refractivity contribution in [3.63, 3.8) is 0 Å². The third-order valence-electron chi connectivity index (χ3n) is 4.24. The predicted molar refractivity (Wildman–Crippen MR) is 94.7 cm³/mol. The molecule has 1 aliphatic rings. The minimum Gasteiger partial charge on any atom is -0.383 e. The first-order valence-corrected chi connectivity index (χ1v) is 9.79. The van der Waals surface area contributed by atoms with Crippen molar-refractivity contribution in [1.29, 1.82) is 0 Å². The summed E-state index contributed by atoms with van der Waals surface area (Å²) in [7, 11) is -3.89. The average molecular weight is 386 g/mol. The molecule has 7 heteroatoms. The van der Waals surface area contributed by atoms with E-state index in [9.17, 15) is 13.5 Å². The second-order valence-electron chi connectivity index (χ2n) is 5.96. The molecule has 0 aromatic heterocycles. The summed E-state index contributed by atoms with van der Waals surface area (Å²) in [6.07, 6.45) is 1.73. The number of benzene rings is 2. The zero-order valence-electron chi connectivity index (χ0n) is 12.7. The fraction of sp³-hybridized carbons (Fsp3) is 0.294. The van der Waals surface area contributed by atoms with E-state index in [1.54, 1.807) is 12.1 Å². The van der Waals surface area contributed by atoms with Gasteiger partial charge in [-0.15, -0.1) is 0 Å². The predicted octanol–water partition coefficient (Wildman–Crippen LogP) is 3.57. The lowest BCUT2D eigenvalue weighted by molar-refractivity contribution is 0.0185. The molecule has 2 N–H and O–H groups in total. The van der Waals surface area contributed by atoms with Crippen molar-refractivity contribution in [3.05, 3.63) is 64.1 Å². The van der Waals surface area contributed by atoms with Crippen LogP contribution < -0.4 is 4.72 Å². The van der Waals surface area contributed by atoms with Gasteiger partial charge in [0.05, 0.1) is 5.02 Å². The van der Waals surface area contributed by atoms with Crippen LogP contribution in [0, 0.1) is 5.92 Å². The molecule has 2 aromatic rings. The van der Waals surface area contributed by atoms with Crippen molar-refractivity contribution in [2.45, 2.75) is 23.3 Å². The van der Waals surface area contributed by atoms with Crippen molar-refractivity contribution < 1.29 is 13.5 Å². The molecule has 1 unspecified atom stereocenters. The molecule has 24 heavy (non-hydrogen) atoms. The number of hydrogen-bond acceptors (Lipinski definition) is 3. The van der Waals surface area contributed by atoms with Gasteiger partial charge >= 0.3 is 0 Å². The lowest BCUT2D eigenvalue weighted by atomic mass is 9.89. The second-order valence-corrected chi connectivity index (χ2v) is 8.54. The third kappa shape index (κ3) is 3.60. The van der Waals surface area contributed by atoms with Gasteiger partial charge in [0.25, 0.3) is 0 Å². The highest BCUT2D eigenvalue weighted by Gasteiger charge is 2.45. The molecule has 0 radical (unpaired) electrons. The fourth-order valence-corrected chi connectivity index (χ4v) is 4.57. The Labute approximate surface area is 151 Å². The first-order chi connectivity index (χ1) is 11.3. The van der Waals surface area contributed by atoms with E-state index in [4.69, 9.17) is 23.2 Å². The smallest absolute Gasteiger partial charge is 0.242 e. The van der Waals surface area contributed by atoms with Gasteiger partial charge in [-0.3, -0.25) is 0 Å². The summed E-state index contributed by atoms with van der Waals surface area (Å²) in [4.78, 5) is -0.0946. The van der Waals surface area contributed by atoms with Gasteiger partial charge in [0, 0.05) is 11.6 Å². The van der Waals surface area contributed by atoms with Crippen molar-refractivity contribution in [1.82, 2.24) is 4.72 Å². The van der Waals surface area contributed by atoms with Gasteiger partial charge in [-0.1, -0.05) is 53.5 Å². The van der Waals surface area contributed by atoms with Crippen LogP contribution in [0.15, 0.2) is 53.4 Å². The van der Waals surface area contributed by atoms with Crippen LogP contribution >= 0.6 is 23.2 Å². The van der Waals surface area contributed by atoms with Crippen LogP contribution in [0.2, 0.25) is 10.0 Å². The summed E-state index contributed by atoms with van der Waals surface area (Å²) in [6, 6.07) is 13.4. The maximum atomic E-state index is 12.6. The van der Waals surface area contributed by atoms with Crippen LogP contribution in [-0.4, -0.2) is 20.1 Å². The van der Waals surface area contributed by atoms with Gasteiger partial charge in [-0.2, -0.15) is 0 Å². The Bertz CT molecular complexity index is 838. The molecular weight excluding hydrogens is 369 g/mol. The quantitative estimate of drug-likeness (QED) is 0.798. The topological polar surface area (TPSA) is 66.4 Å². The van der Waals surface area contributed by atoms with E-state index in [2.05, 4.69) is 4.72 Å². The van der Waals surface area contributed by atoms with Crippen LogP contribution in [0.1, 0.15) is 18.4 Å². The first kappa shape index (κ1) is 17.7. The Morgan fingerprint density at radius 1 is 1.12 bits per heavy atom. The van der Waals surface area contributed by atoms with Gasteiger partial charge in [0.15, 0.2) is 0 Å². The van der Waals surface area contributed by atoms with Gasteiger partial charge < -0.3 is 5.11 Å². The molecule has 0 amide bonds. The first-order valence-electron chi connectivity index (χ1n) is 7.55. The van der Waals surface area contributed by atoms with Gasteiger partial charge in [0.2, 0.25) is 10.0 Å². The fourth-order valence-electron chi connectivity index (χ4n) is 2.74. The molecule has 2 aromatic carbocycles. The molecule has 1 aliphatic carbocycles. The lowest BCUT2D eigenvalue weighted by Gasteiger charge is -2.29. The molecule has 4 nitrogen and oxygen atoms in total. The molecular formula is C17H17Cl2NO3S. The van der Waals surface area contributed by atoms with Gasteiger partial charge in [-0.25, -0.2) is 13.1 Å². The Morgan fingerprint density at radius 2 is 1.79 bits per heavy atom. The van der Waals surface area contributed by atoms with Crippen LogP contribution in [-0.2, 0) is 15.6 Å². The van der Waals surface area contributed by atoms with E-state index < -0.39 is 15.6 Å². The summed E-state index contributed by atoms with van der Waals surface area (Å²) in [6.45, 7) is -0.118. The number of sulfonamides is 1. The summed E-state index contributed by atoms with van der Waals surface area (Å²) < 4.78 is 27.6. The molecule has 1 atom stereocenters. The zero-order chi connectivity index (χ0) is 17.4. The number of nitrogens with one attached hydrogen (secondary N) is 1. The lowest BCUT2D eigenvalue weighted by Crippen LogP contribution is -2.42. The number of rotatable bonds is 6. The Hall–Kier alpha value is -1.11. The summed E-state index contributed by atoms with van der Waals surface area (Å²) in [5.74, 6) is 0.0393. The zero-order valence-corrected chi connectivity index (χ0v) is 15.1. The van der Waals surface area contributed by atoms with Crippen molar-refractivity contribution in [2.24, 2.45) is 5.92 Å². The summed E-state index contributed by atoms with van der Waals surface area (Å²) >= 11 is 11.9. The van der Waals surface area contributed by atoms with E-state index in [0.717, 1.165) is 12.8 Å². The van der Waals surface area contributed by atoms with E-state index in [-0.39, 0.29) is 27.4 Å². The van der Waals surface area contributed by atoms with Crippen LogP contribution in [0.3, 0.4) is 0 Å². The third-order valence-corrected chi connectivity index (χ3v) is 6.36. The maximum absolute atomic E-state index is 12.6. The van der Waals surface area contributed by atoms with Gasteiger partial charge in [-0.05, 0) is 42.5 Å². The minimum absolute atomic E-state index is 0.0393. The van der Waals surface area contributed by atoms with Crippen molar-refractivity contribution in [2.75, 3.05) is 6.54 Å². The highest BCUT2D eigenvalue weighted by atomic mass is 35.5. The second kappa shape index (κ2) is 6.65. The molecule has 0 bridgehead atoms. The SMILES string of the molecule is O=S(=O)(NCC(O)(c1ccccc1)C1CC1)c1cc(Cl)ccc1Cl. The van der Waals surface area contributed by atoms with Crippen molar-refractivity contribution in [3.8, 4) is 0 Å². The minimum atomic E-state index is -3.89. The van der Waals surface area contributed by atoms with E-state index in [1.165, 1.54) is 18.2 Å². The monoisotopic (exact) mass is 385 g/mol. The number of hydrogen-bond donors (Lipinski definition) is 2. The van der Waals surface area contributed by atoms with E-state index in [0.29, 0.717) is 5.56 Å².